The molecule has 1 saturated heterocycles. The Morgan fingerprint density at radius 1 is 1.06 bits per heavy atom. The minimum atomic E-state index is -1.22. The van der Waals surface area contributed by atoms with Gasteiger partial charge in [0.05, 0.1) is 10.6 Å². The molecule has 0 unspecified atom stereocenters. The Balaban J connectivity index is 1.76. The van der Waals surface area contributed by atoms with E-state index in [2.05, 4.69) is 37.8 Å². The van der Waals surface area contributed by atoms with Crippen LogP contribution in [0.1, 0.15) is 63.5 Å². The highest BCUT2D eigenvalue weighted by atomic mass is 32.2. The first-order valence-corrected chi connectivity index (χ1v) is 12.9. The fraction of sp³-hybridized carbons (Fsp3) is 0.444. The van der Waals surface area contributed by atoms with Crippen LogP contribution in [-0.4, -0.2) is 40.2 Å². The zero-order valence-electron chi connectivity index (χ0n) is 20.9. The number of carboxylic acid groups (broad SMARTS) is 1. The predicted octanol–water partition coefficient (Wildman–Crippen LogP) is 6.31. The van der Waals surface area contributed by atoms with Crippen LogP contribution < -0.4 is 9.64 Å². The van der Waals surface area contributed by atoms with Crippen LogP contribution >= 0.6 is 11.8 Å². The number of benzene rings is 1. The van der Waals surface area contributed by atoms with Crippen molar-refractivity contribution in [3.63, 3.8) is 0 Å². The molecule has 8 heteroatoms. The smallest absolute Gasteiger partial charge is 0.323 e. The van der Waals surface area contributed by atoms with Crippen molar-refractivity contribution in [3.8, 4) is 5.75 Å². The topological polar surface area (TPSA) is 87.2 Å². The number of allylic oxidation sites excluding steroid dienone is 4. The maximum absolute atomic E-state index is 12.4. The summed E-state index contributed by atoms with van der Waals surface area (Å²) >= 11 is 0.755. The third-order valence-electron chi connectivity index (χ3n) is 6.10. The van der Waals surface area contributed by atoms with Crippen LogP contribution in [0, 0.1) is 13.8 Å². The van der Waals surface area contributed by atoms with Crippen LogP contribution in [0.3, 0.4) is 0 Å². The minimum absolute atomic E-state index is 0.217. The number of hydrogen-bond acceptors (Lipinski definition) is 6. The molecule has 0 bridgehead atoms. The van der Waals surface area contributed by atoms with E-state index in [1.807, 2.05) is 19.1 Å². The lowest BCUT2D eigenvalue weighted by molar-refractivity contribution is -0.140. The molecule has 2 aliphatic rings. The second kappa shape index (κ2) is 12.1. The molecule has 0 aromatic heterocycles. The number of aryl methyl sites for hydroxylation is 2. The summed E-state index contributed by atoms with van der Waals surface area (Å²) in [4.78, 5) is 38.5. The Bertz CT molecular complexity index is 1090. The Labute approximate surface area is 211 Å². The van der Waals surface area contributed by atoms with Gasteiger partial charge in [0, 0.05) is 6.54 Å². The lowest BCUT2D eigenvalue weighted by atomic mass is 10.1. The molecule has 7 nitrogen and oxygen atoms in total. The molecule has 35 heavy (non-hydrogen) atoms. The molecule has 0 radical (unpaired) electrons. The van der Waals surface area contributed by atoms with Crippen molar-refractivity contribution in [2.75, 3.05) is 18.0 Å². The molecule has 0 aliphatic carbocycles. The number of carbonyl (C=O) groups is 3. The molecule has 1 fully saturated rings. The standard InChI is InChI=1S/C27H34N2O5S/c1-5-6-7-8-9-10-13-28-21-15-19(3)20(4)16-22(21)34-24(28)12-11-18(2)14-23-26(32)29(17-25(30)31)27(33)35-23/h11-12,14-16H,5-10,13,17H2,1-4H3,(H,30,31)/b18-11+,23-14-,24-12+. The zero-order valence-corrected chi connectivity index (χ0v) is 21.7. The number of aliphatic carboxylic acids is 1. The number of unbranched alkanes of at least 4 members (excludes halogenated alkanes) is 5. The van der Waals surface area contributed by atoms with Gasteiger partial charge in [0.1, 0.15) is 6.54 Å². The third-order valence-corrected chi connectivity index (χ3v) is 7.00. The molecule has 0 atom stereocenters. The average Bonchev–Trinajstić information content (AvgIpc) is 3.26. The third kappa shape index (κ3) is 6.78. The minimum Gasteiger partial charge on any atom is -0.480 e. The van der Waals surface area contributed by atoms with Crippen LogP contribution in [0.15, 0.2) is 46.7 Å². The number of carboxylic acids is 1. The summed E-state index contributed by atoms with van der Waals surface area (Å²) in [7, 11) is 0. The quantitative estimate of drug-likeness (QED) is 0.282. The van der Waals surface area contributed by atoms with Gasteiger partial charge in [-0.1, -0.05) is 45.1 Å². The van der Waals surface area contributed by atoms with E-state index in [0.717, 1.165) is 52.5 Å². The number of carbonyl (C=O) groups excluding carboxylic acids is 2. The van der Waals surface area contributed by atoms with Gasteiger partial charge in [-0.3, -0.25) is 19.3 Å². The highest BCUT2D eigenvalue weighted by Crippen LogP contribution is 2.41. The average molecular weight is 499 g/mol. The van der Waals surface area contributed by atoms with Gasteiger partial charge < -0.3 is 14.7 Å². The van der Waals surface area contributed by atoms with Crippen molar-refractivity contribution in [1.82, 2.24) is 4.90 Å². The Kier molecular flexibility index (Phi) is 9.20. The Morgan fingerprint density at radius 2 is 1.74 bits per heavy atom. The normalized spacial score (nSPS) is 18.1. The number of rotatable bonds is 11. The van der Waals surface area contributed by atoms with Crippen molar-refractivity contribution in [2.24, 2.45) is 0 Å². The van der Waals surface area contributed by atoms with Gasteiger partial charge in [-0.05, 0) is 79.9 Å². The first kappa shape index (κ1) is 26.6. The molecule has 1 N–H and O–H groups in total. The SMILES string of the molecule is CCCCCCCCN1\C(=C/C=C(C)/C=C2\SC(=O)N(CC(=O)O)C2=O)Oc2cc(C)c(C)cc21. The van der Waals surface area contributed by atoms with Gasteiger partial charge in [0.15, 0.2) is 5.75 Å². The highest BCUT2D eigenvalue weighted by Gasteiger charge is 2.36. The fourth-order valence-electron chi connectivity index (χ4n) is 3.99. The summed E-state index contributed by atoms with van der Waals surface area (Å²) < 4.78 is 6.19. The summed E-state index contributed by atoms with van der Waals surface area (Å²) in [6.45, 7) is 8.44. The largest absolute Gasteiger partial charge is 0.480 e. The molecule has 2 aliphatic heterocycles. The number of imide groups is 1. The van der Waals surface area contributed by atoms with Gasteiger partial charge in [-0.2, -0.15) is 0 Å². The Hall–Kier alpha value is -3.00. The van der Waals surface area contributed by atoms with Gasteiger partial charge in [-0.25, -0.2) is 0 Å². The van der Waals surface area contributed by atoms with Crippen LogP contribution in [0.25, 0.3) is 0 Å². The van der Waals surface area contributed by atoms with E-state index < -0.39 is 23.7 Å². The van der Waals surface area contributed by atoms with E-state index in [1.54, 1.807) is 6.08 Å². The second-order valence-corrected chi connectivity index (χ2v) is 10.00. The highest BCUT2D eigenvalue weighted by molar-refractivity contribution is 8.18. The van der Waals surface area contributed by atoms with Crippen molar-refractivity contribution in [2.45, 2.75) is 66.2 Å². The van der Waals surface area contributed by atoms with Crippen molar-refractivity contribution < 1.29 is 24.2 Å². The fourth-order valence-corrected chi connectivity index (χ4v) is 4.88. The number of ether oxygens (including phenoxy) is 1. The molecule has 188 valence electrons. The summed E-state index contributed by atoms with van der Waals surface area (Å²) in [6, 6.07) is 4.23. The van der Waals surface area contributed by atoms with E-state index >= 15 is 0 Å². The second-order valence-electron chi connectivity index (χ2n) is 9.00. The summed E-state index contributed by atoms with van der Waals surface area (Å²) in [6.07, 6.45) is 12.6. The number of anilines is 1. The van der Waals surface area contributed by atoms with Gasteiger partial charge in [-0.15, -0.1) is 0 Å². The van der Waals surface area contributed by atoms with E-state index in [4.69, 9.17) is 9.84 Å². The molecule has 1 aromatic carbocycles. The van der Waals surface area contributed by atoms with E-state index in [-0.39, 0.29) is 4.91 Å². The first-order valence-electron chi connectivity index (χ1n) is 12.1. The van der Waals surface area contributed by atoms with Gasteiger partial charge in [0.2, 0.25) is 5.88 Å². The molecule has 2 amide bonds. The molecule has 3 rings (SSSR count). The first-order chi connectivity index (χ1) is 16.7. The number of hydrogen-bond donors (Lipinski definition) is 1. The van der Waals surface area contributed by atoms with Crippen LogP contribution in [0.5, 0.6) is 5.75 Å². The van der Waals surface area contributed by atoms with Gasteiger partial charge >= 0.3 is 5.97 Å². The maximum Gasteiger partial charge on any atom is 0.323 e. The summed E-state index contributed by atoms with van der Waals surface area (Å²) in [5.41, 5.74) is 4.21. The Morgan fingerprint density at radius 3 is 2.46 bits per heavy atom. The van der Waals surface area contributed by atoms with Crippen LogP contribution in [0.4, 0.5) is 10.5 Å². The van der Waals surface area contributed by atoms with Crippen molar-refractivity contribution in [3.05, 3.63) is 57.8 Å². The van der Waals surface area contributed by atoms with E-state index in [0.29, 0.717) is 0 Å². The molecule has 2 heterocycles. The van der Waals surface area contributed by atoms with Crippen LogP contribution in [-0.2, 0) is 9.59 Å². The molecular formula is C27H34N2O5S. The number of thioether (sulfide) groups is 1. The van der Waals surface area contributed by atoms with Crippen molar-refractivity contribution in [1.29, 1.82) is 0 Å². The van der Waals surface area contributed by atoms with Crippen molar-refractivity contribution >= 4 is 34.6 Å². The van der Waals surface area contributed by atoms with E-state index in [1.165, 1.54) is 43.2 Å². The zero-order chi connectivity index (χ0) is 25.5. The number of fused-ring (bicyclic) bond motifs is 1. The lowest BCUT2D eigenvalue weighted by Gasteiger charge is -2.18. The predicted molar refractivity (Wildman–Crippen MR) is 140 cm³/mol. The maximum atomic E-state index is 12.4. The van der Waals surface area contributed by atoms with E-state index in [9.17, 15) is 14.4 Å². The number of nitrogens with zero attached hydrogens (tertiary/aromatic N) is 2. The molecular weight excluding hydrogens is 464 g/mol. The molecule has 0 spiro atoms. The molecule has 1 aromatic rings. The lowest BCUT2D eigenvalue weighted by Crippen LogP contribution is -2.33. The summed E-state index contributed by atoms with van der Waals surface area (Å²) in [5, 5.41) is 8.35. The monoisotopic (exact) mass is 498 g/mol. The summed E-state index contributed by atoms with van der Waals surface area (Å²) in [5.74, 6) is -0.237. The van der Waals surface area contributed by atoms with Gasteiger partial charge in [0.25, 0.3) is 11.1 Å². The number of amides is 2. The van der Waals surface area contributed by atoms with Crippen LogP contribution in [0.2, 0.25) is 0 Å². The molecule has 0 saturated carbocycles.